The van der Waals surface area contributed by atoms with Crippen LogP contribution in [0.25, 0.3) is 0 Å². The van der Waals surface area contributed by atoms with Crippen LogP contribution < -0.4 is 5.32 Å². The standard InChI is InChI=1S/C18H31NO/c1-15(14-19-12-13-20-5)6-7-16-8-10-17(11-9-16)18(2,3)4/h8-11,15,19H,6-7,12-14H2,1-5H3. The van der Waals surface area contributed by atoms with Crippen LogP contribution in [0.2, 0.25) is 0 Å². The van der Waals surface area contributed by atoms with Crippen molar-refractivity contribution in [1.29, 1.82) is 0 Å². The summed E-state index contributed by atoms with van der Waals surface area (Å²) in [7, 11) is 1.74. The van der Waals surface area contributed by atoms with Crippen LogP contribution in [-0.4, -0.2) is 26.8 Å². The minimum absolute atomic E-state index is 0.247. The van der Waals surface area contributed by atoms with E-state index in [0.29, 0.717) is 5.92 Å². The van der Waals surface area contributed by atoms with Gasteiger partial charge in [-0.15, -0.1) is 0 Å². The smallest absolute Gasteiger partial charge is 0.0587 e. The highest BCUT2D eigenvalue weighted by atomic mass is 16.5. The number of aryl methyl sites for hydroxylation is 1. The lowest BCUT2D eigenvalue weighted by atomic mass is 9.86. The van der Waals surface area contributed by atoms with Crippen LogP contribution in [0.1, 0.15) is 45.2 Å². The summed E-state index contributed by atoms with van der Waals surface area (Å²) in [6.07, 6.45) is 2.40. The zero-order valence-electron chi connectivity index (χ0n) is 13.8. The monoisotopic (exact) mass is 277 g/mol. The average molecular weight is 277 g/mol. The highest BCUT2D eigenvalue weighted by Crippen LogP contribution is 2.22. The van der Waals surface area contributed by atoms with Crippen molar-refractivity contribution in [2.45, 2.75) is 46.0 Å². The molecular formula is C18H31NO. The number of benzene rings is 1. The topological polar surface area (TPSA) is 21.3 Å². The Kier molecular flexibility index (Phi) is 7.25. The summed E-state index contributed by atoms with van der Waals surface area (Å²) in [5.74, 6) is 0.703. The Morgan fingerprint density at radius 3 is 2.35 bits per heavy atom. The van der Waals surface area contributed by atoms with E-state index in [0.717, 1.165) is 26.1 Å². The number of methoxy groups -OCH3 is 1. The quantitative estimate of drug-likeness (QED) is 0.730. The third-order valence-corrected chi connectivity index (χ3v) is 3.72. The lowest BCUT2D eigenvalue weighted by Crippen LogP contribution is -2.25. The Labute approximate surface area is 124 Å². The minimum atomic E-state index is 0.247. The van der Waals surface area contributed by atoms with Crippen molar-refractivity contribution in [2.24, 2.45) is 5.92 Å². The van der Waals surface area contributed by atoms with Gasteiger partial charge in [-0.05, 0) is 41.8 Å². The molecule has 0 fully saturated rings. The van der Waals surface area contributed by atoms with Gasteiger partial charge in [0.15, 0.2) is 0 Å². The lowest BCUT2D eigenvalue weighted by Gasteiger charge is -2.19. The highest BCUT2D eigenvalue weighted by Gasteiger charge is 2.12. The second-order valence-electron chi connectivity index (χ2n) is 6.79. The molecule has 1 rings (SSSR count). The van der Waals surface area contributed by atoms with E-state index in [1.54, 1.807) is 7.11 Å². The van der Waals surface area contributed by atoms with Gasteiger partial charge in [0.25, 0.3) is 0 Å². The second kappa shape index (κ2) is 8.43. The molecule has 20 heavy (non-hydrogen) atoms. The molecule has 2 heteroatoms. The maximum atomic E-state index is 5.03. The van der Waals surface area contributed by atoms with Gasteiger partial charge in [0.1, 0.15) is 0 Å². The molecule has 2 nitrogen and oxygen atoms in total. The van der Waals surface area contributed by atoms with Crippen LogP contribution in [0, 0.1) is 5.92 Å². The molecule has 1 atom stereocenters. The first-order chi connectivity index (χ1) is 9.43. The first kappa shape index (κ1) is 17.2. The minimum Gasteiger partial charge on any atom is -0.383 e. The molecule has 1 aromatic carbocycles. The maximum absolute atomic E-state index is 5.03. The first-order valence-corrected chi connectivity index (χ1v) is 7.72. The van der Waals surface area contributed by atoms with E-state index in [1.807, 2.05) is 0 Å². The van der Waals surface area contributed by atoms with Crippen LogP contribution >= 0.6 is 0 Å². The number of ether oxygens (including phenoxy) is 1. The van der Waals surface area contributed by atoms with Crippen LogP contribution in [0.5, 0.6) is 0 Å². The molecule has 1 unspecified atom stereocenters. The molecule has 0 radical (unpaired) electrons. The summed E-state index contributed by atoms with van der Waals surface area (Å²) < 4.78 is 5.03. The van der Waals surface area contributed by atoms with Crippen LogP contribution in [-0.2, 0) is 16.6 Å². The largest absolute Gasteiger partial charge is 0.383 e. The Morgan fingerprint density at radius 1 is 1.15 bits per heavy atom. The summed E-state index contributed by atoms with van der Waals surface area (Å²) in [5, 5.41) is 3.43. The summed E-state index contributed by atoms with van der Waals surface area (Å²) >= 11 is 0. The van der Waals surface area contributed by atoms with Crippen molar-refractivity contribution >= 4 is 0 Å². The molecule has 114 valence electrons. The molecule has 0 aromatic heterocycles. The molecule has 0 spiro atoms. The van der Waals surface area contributed by atoms with Gasteiger partial charge in [-0.1, -0.05) is 52.0 Å². The van der Waals surface area contributed by atoms with Crippen molar-refractivity contribution in [3.8, 4) is 0 Å². The summed E-state index contributed by atoms with van der Waals surface area (Å²) in [6, 6.07) is 9.12. The summed E-state index contributed by atoms with van der Waals surface area (Å²) in [4.78, 5) is 0. The molecule has 0 aliphatic rings. The van der Waals surface area contributed by atoms with Gasteiger partial charge in [-0.25, -0.2) is 0 Å². The van der Waals surface area contributed by atoms with Crippen molar-refractivity contribution in [3.05, 3.63) is 35.4 Å². The maximum Gasteiger partial charge on any atom is 0.0587 e. The Bertz CT molecular complexity index is 364. The molecular weight excluding hydrogens is 246 g/mol. The predicted octanol–water partition coefficient (Wildman–Crippen LogP) is 3.79. The SMILES string of the molecule is COCCNCC(C)CCc1ccc(C(C)(C)C)cc1. The third-order valence-electron chi connectivity index (χ3n) is 3.72. The van der Waals surface area contributed by atoms with Crippen LogP contribution in [0.3, 0.4) is 0 Å². The van der Waals surface area contributed by atoms with Gasteiger partial charge in [0.05, 0.1) is 6.61 Å². The Balaban J connectivity index is 2.31. The molecule has 1 N–H and O–H groups in total. The molecule has 0 saturated carbocycles. The molecule has 0 aliphatic carbocycles. The van der Waals surface area contributed by atoms with E-state index < -0.39 is 0 Å². The summed E-state index contributed by atoms with van der Waals surface area (Å²) in [5.41, 5.74) is 3.11. The van der Waals surface area contributed by atoms with Gasteiger partial charge < -0.3 is 10.1 Å². The van der Waals surface area contributed by atoms with Crippen molar-refractivity contribution < 1.29 is 4.74 Å². The van der Waals surface area contributed by atoms with E-state index in [1.165, 1.54) is 17.5 Å². The van der Waals surface area contributed by atoms with Crippen molar-refractivity contribution in [2.75, 3.05) is 26.8 Å². The molecule has 0 saturated heterocycles. The Morgan fingerprint density at radius 2 is 1.80 bits per heavy atom. The van der Waals surface area contributed by atoms with E-state index in [2.05, 4.69) is 57.3 Å². The van der Waals surface area contributed by atoms with E-state index in [4.69, 9.17) is 4.74 Å². The molecule has 1 aromatic rings. The predicted molar refractivity (Wildman–Crippen MR) is 87.4 cm³/mol. The fourth-order valence-corrected chi connectivity index (χ4v) is 2.21. The van der Waals surface area contributed by atoms with Crippen LogP contribution in [0.4, 0.5) is 0 Å². The van der Waals surface area contributed by atoms with E-state index in [-0.39, 0.29) is 5.41 Å². The number of hydrogen-bond acceptors (Lipinski definition) is 2. The van der Waals surface area contributed by atoms with Gasteiger partial charge in [0.2, 0.25) is 0 Å². The molecule has 0 heterocycles. The van der Waals surface area contributed by atoms with Crippen LogP contribution in [0.15, 0.2) is 24.3 Å². The fraction of sp³-hybridized carbons (Fsp3) is 0.667. The number of hydrogen-bond donors (Lipinski definition) is 1. The molecule has 0 bridgehead atoms. The highest BCUT2D eigenvalue weighted by molar-refractivity contribution is 5.27. The van der Waals surface area contributed by atoms with Crippen molar-refractivity contribution in [1.82, 2.24) is 5.32 Å². The van der Waals surface area contributed by atoms with Gasteiger partial charge >= 0.3 is 0 Å². The number of nitrogens with one attached hydrogen (secondary N) is 1. The van der Waals surface area contributed by atoms with E-state index in [9.17, 15) is 0 Å². The van der Waals surface area contributed by atoms with E-state index >= 15 is 0 Å². The van der Waals surface area contributed by atoms with Gasteiger partial charge in [0, 0.05) is 13.7 Å². The average Bonchev–Trinajstić information content (AvgIpc) is 2.41. The lowest BCUT2D eigenvalue weighted by molar-refractivity contribution is 0.198. The molecule has 0 amide bonds. The first-order valence-electron chi connectivity index (χ1n) is 7.72. The zero-order valence-corrected chi connectivity index (χ0v) is 13.8. The van der Waals surface area contributed by atoms with Crippen molar-refractivity contribution in [3.63, 3.8) is 0 Å². The zero-order chi connectivity index (χ0) is 15.0. The number of rotatable bonds is 8. The van der Waals surface area contributed by atoms with Gasteiger partial charge in [-0.3, -0.25) is 0 Å². The third kappa shape index (κ3) is 6.53. The molecule has 0 aliphatic heterocycles. The summed E-state index contributed by atoms with van der Waals surface area (Å²) in [6.45, 7) is 11.9. The second-order valence-corrected chi connectivity index (χ2v) is 6.79. The van der Waals surface area contributed by atoms with Gasteiger partial charge in [-0.2, -0.15) is 0 Å². The Hall–Kier alpha value is -0.860. The normalized spacial score (nSPS) is 13.4. The fourth-order valence-electron chi connectivity index (χ4n) is 2.21.